The van der Waals surface area contributed by atoms with E-state index in [1.165, 1.54) is 12.1 Å². The van der Waals surface area contributed by atoms with Crippen LogP contribution in [0.3, 0.4) is 0 Å². The average molecular weight is 371 g/mol. The highest BCUT2D eigenvalue weighted by Crippen LogP contribution is 2.27. The van der Waals surface area contributed by atoms with E-state index in [-0.39, 0.29) is 17.4 Å². The minimum Gasteiger partial charge on any atom is -0.546 e. The summed E-state index contributed by atoms with van der Waals surface area (Å²) in [6, 6.07) is 5.47. The molecule has 0 atom stereocenters. The van der Waals surface area contributed by atoms with E-state index in [9.17, 15) is 24.3 Å². The van der Waals surface area contributed by atoms with E-state index >= 15 is 0 Å². The Morgan fingerprint density at radius 2 is 1.89 bits per heavy atom. The molecular formula is C19H19N2O6-. The van der Waals surface area contributed by atoms with E-state index in [2.05, 4.69) is 5.32 Å². The number of carboxylic acid groups (broad SMARTS) is 1. The van der Waals surface area contributed by atoms with Crippen LogP contribution < -0.4 is 15.2 Å². The van der Waals surface area contributed by atoms with E-state index in [0.717, 1.165) is 24.2 Å². The number of imide groups is 2. The Hall–Kier alpha value is -3.16. The number of carbonyl (C=O) groups excluding carboxylic acids is 4. The number of nitrogens with zero attached hydrogens (tertiary/aromatic N) is 1. The Labute approximate surface area is 155 Å². The van der Waals surface area contributed by atoms with E-state index in [1.807, 2.05) is 0 Å². The third-order valence-electron chi connectivity index (χ3n) is 4.64. The summed E-state index contributed by atoms with van der Waals surface area (Å²) in [5.41, 5.74) is 0.167. The Bertz CT molecular complexity index is 810. The zero-order chi connectivity index (χ0) is 19.4. The van der Waals surface area contributed by atoms with E-state index in [0.29, 0.717) is 18.4 Å². The van der Waals surface area contributed by atoms with Crippen LogP contribution in [0.4, 0.5) is 4.79 Å². The van der Waals surface area contributed by atoms with Crippen LogP contribution in [0.1, 0.15) is 37.7 Å². The molecule has 1 aliphatic carbocycles. The van der Waals surface area contributed by atoms with Crippen molar-refractivity contribution in [1.29, 1.82) is 0 Å². The van der Waals surface area contributed by atoms with E-state index < -0.39 is 30.4 Å². The van der Waals surface area contributed by atoms with Crippen molar-refractivity contribution in [2.75, 3.05) is 6.61 Å². The third kappa shape index (κ3) is 4.16. The quantitative estimate of drug-likeness (QED) is 0.599. The van der Waals surface area contributed by atoms with Gasteiger partial charge in [-0.05, 0) is 25.0 Å². The van der Waals surface area contributed by atoms with Gasteiger partial charge in [-0.1, -0.05) is 37.5 Å². The van der Waals surface area contributed by atoms with Crippen LogP contribution in [-0.4, -0.2) is 41.4 Å². The maximum atomic E-state index is 12.9. The highest BCUT2D eigenvalue weighted by molar-refractivity contribution is 6.31. The molecule has 3 rings (SSSR count). The van der Waals surface area contributed by atoms with Gasteiger partial charge in [0, 0.05) is 11.6 Å². The first-order valence-corrected chi connectivity index (χ1v) is 8.79. The molecule has 0 aromatic heterocycles. The Kier molecular flexibility index (Phi) is 5.54. The Morgan fingerprint density at radius 1 is 1.19 bits per heavy atom. The number of aliphatic carboxylic acids is 1. The lowest BCUT2D eigenvalue weighted by Gasteiger charge is -2.35. The van der Waals surface area contributed by atoms with Crippen LogP contribution in [0.2, 0.25) is 0 Å². The molecule has 142 valence electrons. The van der Waals surface area contributed by atoms with Crippen LogP contribution in [0.15, 0.2) is 29.8 Å². The first-order valence-electron chi connectivity index (χ1n) is 8.79. The van der Waals surface area contributed by atoms with Gasteiger partial charge >= 0.3 is 6.03 Å². The molecule has 0 unspecified atom stereocenters. The average Bonchev–Trinajstić information content (AvgIpc) is 2.65. The maximum Gasteiger partial charge on any atom is 0.331 e. The van der Waals surface area contributed by atoms with E-state index in [4.69, 9.17) is 4.74 Å². The topological polar surface area (TPSA) is 116 Å². The molecule has 2 aliphatic rings. The summed E-state index contributed by atoms with van der Waals surface area (Å²) in [7, 11) is 0. The fourth-order valence-corrected chi connectivity index (χ4v) is 3.37. The Balaban J connectivity index is 1.90. The number of urea groups is 1. The number of carbonyl (C=O) groups is 4. The Morgan fingerprint density at radius 3 is 2.59 bits per heavy atom. The third-order valence-corrected chi connectivity index (χ3v) is 4.64. The van der Waals surface area contributed by atoms with Gasteiger partial charge in [0.1, 0.15) is 17.9 Å². The normalized spacial score (nSPS) is 19.9. The number of amides is 4. The zero-order valence-electron chi connectivity index (χ0n) is 14.6. The van der Waals surface area contributed by atoms with Crippen molar-refractivity contribution in [3.8, 4) is 5.75 Å². The van der Waals surface area contributed by atoms with Crippen molar-refractivity contribution in [3.63, 3.8) is 0 Å². The van der Waals surface area contributed by atoms with Crippen LogP contribution in [0.25, 0.3) is 6.08 Å². The number of hydrogen-bond acceptors (Lipinski definition) is 6. The van der Waals surface area contributed by atoms with Crippen molar-refractivity contribution in [3.05, 3.63) is 35.4 Å². The van der Waals surface area contributed by atoms with E-state index in [1.54, 1.807) is 18.2 Å². The fourth-order valence-electron chi connectivity index (χ4n) is 3.37. The van der Waals surface area contributed by atoms with Crippen molar-refractivity contribution in [2.45, 2.75) is 38.1 Å². The number of carboxylic acids is 1. The molecule has 4 amide bonds. The second kappa shape index (κ2) is 8.03. The summed E-state index contributed by atoms with van der Waals surface area (Å²) in [6.45, 7) is -0.660. The summed E-state index contributed by atoms with van der Waals surface area (Å²) in [5.74, 6) is -2.63. The summed E-state index contributed by atoms with van der Waals surface area (Å²) in [4.78, 5) is 49.0. The predicted molar refractivity (Wildman–Crippen MR) is 92.2 cm³/mol. The molecule has 27 heavy (non-hydrogen) atoms. The van der Waals surface area contributed by atoms with Crippen molar-refractivity contribution < 1.29 is 29.0 Å². The van der Waals surface area contributed by atoms with Crippen LogP contribution >= 0.6 is 0 Å². The summed E-state index contributed by atoms with van der Waals surface area (Å²) >= 11 is 0. The zero-order valence-corrected chi connectivity index (χ0v) is 14.6. The number of para-hydroxylation sites is 1. The molecule has 1 heterocycles. The largest absolute Gasteiger partial charge is 0.546 e. The van der Waals surface area contributed by atoms with Gasteiger partial charge in [0.2, 0.25) is 0 Å². The lowest BCUT2D eigenvalue weighted by molar-refractivity contribution is -0.307. The van der Waals surface area contributed by atoms with Gasteiger partial charge < -0.3 is 14.6 Å². The van der Waals surface area contributed by atoms with Gasteiger partial charge in [-0.25, -0.2) is 4.79 Å². The molecule has 8 nitrogen and oxygen atoms in total. The molecule has 1 N–H and O–H groups in total. The van der Waals surface area contributed by atoms with Gasteiger partial charge in [0.05, 0.1) is 5.97 Å². The fraction of sp³-hybridized carbons (Fsp3) is 0.368. The maximum absolute atomic E-state index is 12.9. The first-order chi connectivity index (χ1) is 13.0. The molecular weight excluding hydrogens is 352 g/mol. The lowest BCUT2D eigenvalue weighted by Crippen LogP contribution is -2.58. The smallest absolute Gasteiger partial charge is 0.331 e. The first kappa shape index (κ1) is 18.6. The molecule has 1 aromatic rings. The van der Waals surface area contributed by atoms with Gasteiger partial charge in [0.25, 0.3) is 11.8 Å². The number of nitrogens with one attached hydrogen (secondary N) is 1. The summed E-state index contributed by atoms with van der Waals surface area (Å²) in [6.07, 6.45) is 5.65. The molecule has 1 aromatic carbocycles. The lowest BCUT2D eigenvalue weighted by atomic mass is 9.93. The number of hydrogen-bond donors (Lipinski definition) is 1. The van der Waals surface area contributed by atoms with Gasteiger partial charge in [-0.2, -0.15) is 0 Å². The molecule has 0 radical (unpaired) electrons. The minimum absolute atomic E-state index is 0.190. The van der Waals surface area contributed by atoms with Crippen molar-refractivity contribution in [1.82, 2.24) is 10.2 Å². The van der Waals surface area contributed by atoms with Gasteiger partial charge in [-0.15, -0.1) is 0 Å². The van der Waals surface area contributed by atoms with Crippen molar-refractivity contribution in [2.24, 2.45) is 0 Å². The number of ether oxygens (including phenoxy) is 1. The molecule has 0 bridgehead atoms. The van der Waals surface area contributed by atoms with Crippen LogP contribution in [0.5, 0.6) is 5.75 Å². The standard InChI is InChI=1S/C19H20N2O6/c22-16(23)11-27-15-9-5-4-6-12(15)10-14-17(24)20-19(26)21(18(14)25)13-7-2-1-3-8-13/h4-6,9-10,13H,1-3,7-8,11H2,(H,22,23)(H,20,24,26)/p-1/b14-10-. The second-order valence-corrected chi connectivity index (χ2v) is 6.48. The van der Waals surface area contributed by atoms with Gasteiger partial charge in [-0.3, -0.25) is 19.8 Å². The monoisotopic (exact) mass is 371 g/mol. The summed E-state index contributed by atoms with van der Waals surface area (Å²) in [5, 5.41) is 12.8. The van der Waals surface area contributed by atoms with Crippen LogP contribution in [0, 0.1) is 0 Å². The summed E-state index contributed by atoms with van der Waals surface area (Å²) < 4.78 is 5.14. The second-order valence-electron chi connectivity index (χ2n) is 6.48. The molecule has 1 saturated heterocycles. The minimum atomic E-state index is -1.39. The van der Waals surface area contributed by atoms with Gasteiger partial charge in [0.15, 0.2) is 0 Å². The number of barbiturate groups is 1. The predicted octanol–water partition coefficient (Wildman–Crippen LogP) is 0.610. The van der Waals surface area contributed by atoms with Crippen LogP contribution in [-0.2, 0) is 14.4 Å². The highest BCUT2D eigenvalue weighted by atomic mass is 16.5. The highest BCUT2D eigenvalue weighted by Gasteiger charge is 2.40. The SMILES string of the molecule is O=C([O-])COc1ccccc1/C=C1/C(=O)NC(=O)N(C2CCCCC2)C1=O. The number of benzene rings is 1. The molecule has 8 heteroatoms. The molecule has 2 fully saturated rings. The molecule has 1 aliphatic heterocycles. The number of rotatable bonds is 5. The molecule has 0 spiro atoms. The molecule has 1 saturated carbocycles. The van der Waals surface area contributed by atoms with Crippen molar-refractivity contribution >= 4 is 29.9 Å².